The van der Waals surface area contributed by atoms with Gasteiger partial charge in [-0.25, -0.2) is 4.79 Å². The van der Waals surface area contributed by atoms with Crippen LogP contribution in [0.4, 0.5) is 0 Å². The summed E-state index contributed by atoms with van der Waals surface area (Å²) in [5.41, 5.74) is 0.752. The molecule has 7 heteroatoms. The van der Waals surface area contributed by atoms with Crippen LogP contribution in [0.3, 0.4) is 0 Å². The van der Waals surface area contributed by atoms with Gasteiger partial charge >= 0.3 is 5.97 Å². The topological polar surface area (TPSA) is 86.3 Å². The average Bonchev–Trinajstić information content (AvgIpc) is 2.76. The molecule has 1 aromatic rings. The number of nitrogens with one attached hydrogen (secondary N) is 1. The first-order chi connectivity index (χ1) is 7.79. The third-order valence-electron chi connectivity index (χ3n) is 1.91. The van der Waals surface area contributed by atoms with E-state index < -0.39 is 5.97 Å². The number of methoxy groups -OCH3 is 2. The lowest BCUT2D eigenvalue weighted by atomic mass is 10.2. The molecular weight excluding hydrogens is 214 g/mol. The standard InChI is InChI=1S/C9H15N3O4/c1-14-5-6-16-4-3-7-8(9(13)15-2)11-12-10-7/h3-6H2,1-2H3,(H,10,11,12). The van der Waals surface area contributed by atoms with Gasteiger partial charge in [0.15, 0.2) is 5.69 Å². The number of ether oxygens (including phenoxy) is 3. The van der Waals surface area contributed by atoms with Crippen LogP contribution in [-0.2, 0) is 20.6 Å². The quantitative estimate of drug-likeness (QED) is 0.514. The Morgan fingerprint density at radius 3 is 2.75 bits per heavy atom. The number of aromatic amines is 1. The van der Waals surface area contributed by atoms with Crippen molar-refractivity contribution in [2.24, 2.45) is 0 Å². The van der Waals surface area contributed by atoms with Gasteiger partial charge in [0, 0.05) is 13.5 Å². The van der Waals surface area contributed by atoms with Crippen LogP contribution in [0.2, 0.25) is 0 Å². The van der Waals surface area contributed by atoms with Crippen LogP contribution in [0.5, 0.6) is 0 Å². The van der Waals surface area contributed by atoms with Crippen LogP contribution in [-0.4, -0.2) is 55.4 Å². The number of hydrogen-bond donors (Lipinski definition) is 1. The van der Waals surface area contributed by atoms with E-state index in [9.17, 15) is 4.79 Å². The Kier molecular flexibility index (Phi) is 5.44. The fourth-order valence-electron chi connectivity index (χ4n) is 1.10. The van der Waals surface area contributed by atoms with Crippen molar-refractivity contribution in [1.29, 1.82) is 0 Å². The number of H-pyrrole nitrogens is 1. The van der Waals surface area contributed by atoms with Crippen molar-refractivity contribution < 1.29 is 19.0 Å². The summed E-state index contributed by atoms with van der Waals surface area (Å²) < 4.78 is 14.6. The van der Waals surface area contributed by atoms with Crippen LogP contribution in [0, 0.1) is 0 Å². The van der Waals surface area contributed by atoms with Crippen molar-refractivity contribution in [3.05, 3.63) is 11.4 Å². The molecule has 0 bridgehead atoms. The number of carbonyl (C=O) groups is 1. The van der Waals surface area contributed by atoms with Crippen LogP contribution in [0.25, 0.3) is 0 Å². The van der Waals surface area contributed by atoms with Crippen molar-refractivity contribution in [1.82, 2.24) is 15.4 Å². The van der Waals surface area contributed by atoms with E-state index in [4.69, 9.17) is 9.47 Å². The highest BCUT2D eigenvalue weighted by molar-refractivity contribution is 5.88. The van der Waals surface area contributed by atoms with Crippen molar-refractivity contribution >= 4 is 5.97 Å². The molecule has 0 radical (unpaired) electrons. The second-order valence-electron chi connectivity index (χ2n) is 2.97. The predicted octanol–water partition coefficient (Wildman–Crippen LogP) is -0.203. The minimum atomic E-state index is -0.499. The Morgan fingerprint density at radius 2 is 2.06 bits per heavy atom. The highest BCUT2D eigenvalue weighted by Crippen LogP contribution is 2.03. The van der Waals surface area contributed by atoms with Gasteiger partial charge in [0.1, 0.15) is 0 Å². The lowest BCUT2D eigenvalue weighted by molar-refractivity contribution is 0.0588. The summed E-state index contributed by atoms with van der Waals surface area (Å²) >= 11 is 0. The summed E-state index contributed by atoms with van der Waals surface area (Å²) in [5, 5.41) is 9.95. The van der Waals surface area contributed by atoms with E-state index >= 15 is 0 Å². The van der Waals surface area contributed by atoms with E-state index in [1.54, 1.807) is 7.11 Å². The first kappa shape index (κ1) is 12.6. The molecule has 7 nitrogen and oxygen atoms in total. The highest BCUT2D eigenvalue weighted by Gasteiger charge is 2.16. The Balaban J connectivity index is 2.36. The van der Waals surface area contributed by atoms with E-state index in [2.05, 4.69) is 20.1 Å². The molecule has 0 unspecified atom stereocenters. The molecule has 0 spiro atoms. The maximum Gasteiger partial charge on any atom is 0.360 e. The third-order valence-corrected chi connectivity index (χ3v) is 1.91. The number of aromatic nitrogens is 3. The van der Waals surface area contributed by atoms with Gasteiger partial charge in [-0.1, -0.05) is 0 Å². The van der Waals surface area contributed by atoms with Crippen molar-refractivity contribution in [2.45, 2.75) is 6.42 Å². The molecule has 0 atom stereocenters. The molecule has 0 amide bonds. The Labute approximate surface area is 93.1 Å². The Hall–Kier alpha value is -1.47. The normalized spacial score (nSPS) is 10.4. The van der Waals surface area contributed by atoms with Crippen molar-refractivity contribution in [3.8, 4) is 0 Å². The van der Waals surface area contributed by atoms with E-state index in [0.29, 0.717) is 31.9 Å². The minimum Gasteiger partial charge on any atom is -0.464 e. The minimum absolute atomic E-state index is 0.206. The molecule has 0 aliphatic rings. The molecule has 16 heavy (non-hydrogen) atoms. The van der Waals surface area contributed by atoms with Gasteiger partial charge in [-0.3, -0.25) is 0 Å². The zero-order valence-corrected chi connectivity index (χ0v) is 9.36. The van der Waals surface area contributed by atoms with Crippen LogP contribution >= 0.6 is 0 Å². The number of carbonyl (C=O) groups excluding carboxylic acids is 1. The van der Waals surface area contributed by atoms with Gasteiger partial charge in [0.05, 0.1) is 32.6 Å². The summed E-state index contributed by atoms with van der Waals surface area (Å²) in [7, 11) is 2.91. The molecular formula is C9H15N3O4. The van der Waals surface area contributed by atoms with Crippen LogP contribution in [0.15, 0.2) is 0 Å². The smallest absolute Gasteiger partial charge is 0.360 e. The summed E-state index contributed by atoms with van der Waals surface area (Å²) in [4.78, 5) is 11.2. The monoisotopic (exact) mass is 229 g/mol. The first-order valence-corrected chi connectivity index (χ1v) is 4.84. The highest BCUT2D eigenvalue weighted by atomic mass is 16.5. The zero-order chi connectivity index (χ0) is 11.8. The van der Waals surface area contributed by atoms with Gasteiger partial charge < -0.3 is 14.2 Å². The number of nitrogens with zero attached hydrogens (tertiary/aromatic N) is 2. The second kappa shape index (κ2) is 6.91. The molecule has 1 heterocycles. The molecule has 0 fully saturated rings. The van der Waals surface area contributed by atoms with E-state index in [-0.39, 0.29) is 5.69 Å². The van der Waals surface area contributed by atoms with Crippen LogP contribution < -0.4 is 0 Å². The molecule has 0 saturated heterocycles. The lowest BCUT2D eigenvalue weighted by Gasteiger charge is -2.02. The summed E-state index contributed by atoms with van der Waals surface area (Å²) in [6.07, 6.45) is 0.505. The first-order valence-electron chi connectivity index (χ1n) is 4.84. The molecule has 1 aromatic heterocycles. The van der Waals surface area contributed by atoms with E-state index in [1.807, 2.05) is 0 Å². The summed E-state index contributed by atoms with van der Waals surface area (Å²) in [5.74, 6) is -0.499. The van der Waals surface area contributed by atoms with E-state index in [1.165, 1.54) is 7.11 Å². The molecule has 90 valence electrons. The Morgan fingerprint density at radius 1 is 1.25 bits per heavy atom. The fraction of sp³-hybridized carbons (Fsp3) is 0.667. The molecule has 0 aliphatic carbocycles. The SMILES string of the molecule is COCCOCCc1n[nH]nc1C(=O)OC. The Bertz CT molecular complexity index is 326. The third kappa shape index (κ3) is 3.59. The molecule has 0 aromatic carbocycles. The molecule has 0 saturated carbocycles. The van der Waals surface area contributed by atoms with E-state index in [0.717, 1.165) is 0 Å². The van der Waals surface area contributed by atoms with Crippen molar-refractivity contribution in [2.75, 3.05) is 34.0 Å². The molecule has 1 N–H and O–H groups in total. The second-order valence-corrected chi connectivity index (χ2v) is 2.97. The summed E-state index contributed by atoms with van der Waals surface area (Å²) in [6.45, 7) is 1.52. The van der Waals surface area contributed by atoms with Gasteiger partial charge in [-0.05, 0) is 0 Å². The summed E-state index contributed by atoms with van der Waals surface area (Å²) in [6, 6.07) is 0. The van der Waals surface area contributed by atoms with Gasteiger partial charge in [-0.15, -0.1) is 5.10 Å². The maximum atomic E-state index is 11.2. The molecule has 1 rings (SSSR count). The fourth-order valence-corrected chi connectivity index (χ4v) is 1.10. The maximum absolute atomic E-state index is 11.2. The number of rotatable bonds is 7. The zero-order valence-electron chi connectivity index (χ0n) is 9.36. The number of hydrogen-bond acceptors (Lipinski definition) is 6. The number of esters is 1. The largest absolute Gasteiger partial charge is 0.464 e. The average molecular weight is 229 g/mol. The van der Waals surface area contributed by atoms with Gasteiger partial charge in [0.2, 0.25) is 0 Å². The van der Waals surface area contributed by atoms with Crippen molar-refractivity contribution in [3.63, 3.8) is 0 Å². The van der Waals surface area contributed by atoms with Gasteiger partial charge in [0.25, 0.3) is 0 Å². The predicted molar refractivity (Wildman–Crippen MR) is 54.1 cm³/mol. The van der Waals surface area contributed by atoms with Crippen LogP contribution in [0.1, 0.15) is 16.2 Å². The van der Waals surface area contributed by atoms with Gasteiger partial charge in [-0.2, -0.15) is 10.3 Å². The molecule has 0 aliphatic heterocycles. The lowest BCUT2D eigenvalue weighted by Crippen LogP contribution is -2.09.